The summed E-state index contributed by atoms with van der Waals surface area (Å²) in [6.07, 6.45) is -4.81. The minimum absolute atomic E-state index is 0.0534. The van der Waals surface area contributed by atoms with Gasteiger partial charge in [-0.05, 0) is 29.8 Å². The lowest BCUT2D eigenvalue weighted by Crippen LogP contribution is -2.23. The Bertz CT molecular complexity index is 1030. The van der Waals surface area contributed by atoms with E-state index in [2.05, 4.69) is 13.5 Å². The van der Waals surface area contributed by atoms with Crippen LogP contribution in [0.2, 0.25) is 0 Å². The van der Waals surface area contributed by atoms with Gasteiger partial charge in [-0.15, -0.1) is 0 Å². The normalized spacial score (nSPS) is 12.6. The maximum absolute atomic E-state index is 13.5. The molecule has 0 bridgehead atoms. The summed E-state index contributed by atoms with van der Waals surface area (Å²) in [6, 6.07) is 6.67. The molecule has 0 fully saturated rings. The molecule has 132 valence electrons. The number of halogens is 4. The predicted molar refractivity (Wildman–Crippen MR) is 82.8 cm³/mol. The van der Waals surface area contributed by atoms with E-state index in [0.29, 0.717) is 17.6 Å². The molecule has 0 aliphatic rings. The zero-order valence-corrected chi connectivity index (χ0v) is 13.8. The summed E-state index contributed by atoms with van der Waals surface area (Å²) in [4.78, 5) is -0.105. The summed E-state index contributed by atoms with van der Waals surface area (Å²) < 4.78 is 86.0. The summed E-state index contributed by atoms with van der Waals surface area (Å²) in [7, 11) is -4.00. The third kappa shape index (κ3) is 3.62. The van der Waals surface area contributed by atoms with Gasteiger partial charge in [-0.3, -0.25) is 0 Å². The Morgan fingerprint density at radius 1 is 1.12 bits per heavy atom. The van der Waals surface area contributed by atoms with E-state index in [-0.39, 0.29) is 22.5 Å². The molecule has 3 rings (SSSR count). The highest BCUT2D eigenvalue weighted by Crippen LogP contribution is 2.31. The van der Waals surface area contributed by atoms with E-state index in [1.165, 1.54) is 12.1 Å². The highest BCUT2D eigenvalue weighted by Gasteiger charge is 2.33. The van der Waals surface area contributed by atoms with Crippen LogP contribution in [0.5, 0.6) is 0 Å². The predicted octanol–water partition coefficient (Wildman–Crippen LogP) is 3.33. The molecule has 5 nitrogen and oxygen atoms in total. The minimum Gasteiger partial charge on any atom is -0.207 e. The number of sulfonamides is 1. The maximum atomic E-state index is 13.5. The second-order valence-electron chi connectivity index (χ2n) is 5.02. The van der Waals surface area contributed by atoms with Crippen molar-refractivity contribution in [3.8, 4) is 0 Å². The number of hydrogen-bond donors (Lipinski definition) is 1. The van der Waals surface area contributed by atoms with Crippen molar-refractivity contribution in [2.45, 2.75) is 17.6 Å². The molecule has 25 heavy (non-hydrogen) atoms. The van der Waals surface area contributed by atoms with Gasteiger partial charge in [-0.25, -0.2) is 17.5 Å². The molecule has 0 radical (unpaired) electrons. The third-order valence-electron chi connectivity index (χ3n) is 3.34. The Morgan fingerprint density at radius 3 is 2.56 bits per heavy atom. The third-order valence-corrected chi connectivity index (χ3v) is 5.32. The SMILES string of the molecule is O=S(=O)(NCc1ccc(C(F)(F)F)c(F)c1)c1cccc2nsnc12. The quantitative estimate of drug-likeness (QED) is 0.693. The van der Waals surface area contributed by atoms with Crippen LogP contribution in [0.4, 0.5) is 17.6 Å². The van der Waals surface area contributed by atoms with Crippen LogP contribution in [-0.4, -0.2) is 17.2 Å². The first-order valence-corrected chi connectivity index (χ1v) is 8.96. The molecule has 0 spiro atoms. The summed E-state index contributed by atoms with van der Waals surface area (Å²) in [5.41, 5.74) is -0.748. The van der Waals surface area contributed by atoms with Crippen molar-refractivity contribution in [1.29, 1.82) is 0 Å². The van der Waals surface area contributed by atoms with Crippen molar-refractivity contribution in [3.05, 3.63) is 53.3 Å². The van der Waals surface area contributed by atoms with Crippen LogP contribution >= 0.6 is 11.7 Å². The van der Waals surface area contributed by atoms with E-state index in [4.69, 9.17) is 0 Å². The van der Waals surface area contributed by atoms with E-state index in [0.717, 1.165) is 17.8 Å². The first-order chi connectivity index (χ1) is 11.7. The molecule has 1 aromatic heterocycles. The number of nitrogens with one attached hydrogen (secondary N) is 1. The Hall–Kier alpha value is -2.11. The Balaban J connectivity index is 1.84. The van der Waals surface area contributed by atoms with Crippen LogP contribution in [0.3, 0.4) is 0 Å². The Kier molecular flexibility index (Phi) is 4.47. The number of rotatable bonds is 4. The second kappa shape index (κ2) is 6.32. The topological polar surface area (TPSA) is 72.0 Å². The fourth-order valence-electron chi connectivity index (χ4n) is 2.15. The van der Waals surface area contributed by atoms with E-state index in [9.17, 15) is 26.0 Å². The van der Waals surface area contributed by atoms with Crippen molar-refractivity contribution in [2.75, 3.05) is 0 Å². The monoisotopic (exact) mass is 391 g/mol. The van der Waals surface area contributed by atoms with Gasteiger partial charge in [0.2, 0.25) is 10.0 Å². The van der Waals surface area contributed by atoms with E-state index in [1.54, 1.807) is 6.07 Å². The minimum atomic E-state index is -4.81. The van der Waals surface area contributed by atoms with E-state index in [1.807, 2.05) is 0 Å². The van der Waals surface area contributed by atoms with Gasteiger partial charge in [0, 0.05) is 6.54 Å². The molecule has 0 atom stereocenters. The molecule has 0 unspecified atom stereocenters. The number of aromatic nitrogens is 2. The second-order valence-corrected chi connectivity index (χ2v) is 7.29. The molecule has 0 amide bonds. The maximum Gasteiger partial charge on any atom is 0.419 e. The number of alkyl halides is 3. The standard InChI is InChI=1S/C14H9F4N3O2S2/c15-10-6-8(4-5-9(10)14(16,17)18)7-19-25(22,23)12-3-1-2-11-13(12)21-24-20-11/h1-6,19H,7H2. The van der Waals surface area contributed by atoms with Crippen molar-refractivity contribution in [1.82, 2.24) is 13.5 Å². The lowest BCUT2D eigenvalue weighted by molar-refractivity contribution is -0.140. The summed E-state index contributed by atoms with van der Waals surface area (Å²) in [5.74, 6) is -1.46. The highest BCUT2D eigenvalue weighted by atomic mass is 32.2. The molecule has 0 saturated carbocycles. The molecule has 1 N–H and O–H groups in total. The molecule has 0 saturated heterocycles. The Labute approximate surface area is 143 Å². The van der Waals surface area contributed by atoms with Crippen LogP contribution in [0.1, 0.15) is 11.1 Å². The number of benzene rings is 2. The van der Waals surface area contributed by atoms with Gasteiger partial charge in [-0.1, -0.05) is 12.1 Å². The van der Waals surface area contributed by atoms with Crippen molar-refractivity contribution >= 4 is 32.8 Å². The number of nitrogens with zero attached hydrogens (tertiary/aromatic N) is 2. The van der Waals surface area contributed by atoms with Gasteiger partial charge < -0.3 is 0 Å². The van der Waals surface area contributed by atoms with Crippen molar-refractivity contribution in [3.63, 3.8) is 0 Å². The molecule has 0 aliphatic carbocycles. The average molecular weight is 391 g/mol. The Morgan fingerprint density at radius 2 is 1.88 bits per heavy atom. The molecule has 1 heterocycles. The zero-order valence-electron chi connectivity index (χ0n) is 12.2. The van der Waals surface area contributed by atoms with Crippen LogP contribution in [-0.2, 0) is 22.7 Å². The van der Waals surface area contributed by atoms with Crippen molar-refractivity contribution in [2.24, 2.45) is 0 Å². The van der Waals surface area contributed by atoms with Gasteiger partial charge in [0.15, 0.2) is 0 Å². The van der Waals surface area contributed by atoms with Gasteiger partial charge in [-0.2, -0.15) is 21.9 Å². The van der Waals surface area contributed by atoms with E-state index >= 15 is 0 Å². The van der Waals surface area contributed by atoms with Gasteiger partial charge in [0.05, 0.1) is 17.3 Å². The smallest absolute Gasteiger partial charge is 0.207 e. The molecule has 0 aliphatic heterocycles. The largest absolute Gasteiger partial charge is 0.419 e. The first-order valence-electron chi connectivity index (χ1n) is 6.75. The van der Waals surface area contributed by atoms with Gasteiger partial charge >= 0.3 is 6.18 Å². The summed E-state index contributed by atoms with van der Waals surface area (Å²) in [6.45, 7) is -0.370. The molecule has 2 aromatic carbocycles. The van der Waals surface area contributed by atoms with Crippen molar-refractivity contribution < 1.29 is 26.0 Å². The van der Waals surface area contributed by atoms with Crippen LogP contribution in [0, 0.1) is 5.82 Å². The fraction of sp³-hybridized carbons (Fsp3) is 0.143. The summed E-state index contributed by atoms with van der Waals surface area (Å²) >= 11 is 0.855. The van der Waals surface area contributed by atoms with E-state index < -0.39 is 27.6 Å². The average Bonchev–Trinajstić information content (AvgIpc) is 3.00. The van der Waals surface area contributed by atoms with Crippen LogP contribution in [0.25, 0.3) is 11.0 Å². The lowest BCUT2D eigenvalue weighted by atomic mass is 10.1. The lowest BCUT2D eigenvalue weighted by Gasteiger charge is -2.10. The van der Waals surface area contributed by atoms with Crippen LogP contribution < -0.4 is 4.72 Å². The van der Waals surface area contributed by atoms with Crippen LogP contribution in [0.15, 0.2) is 41.3 Å². The molecule has 3 aromatic rings. The number of hydrogen-bond acceptors (Lipinski definition) is 5. The highest BCUT2D eigenvalue weighted by molar-refractivity contribution is 7.89. The summed E-state index contributed by atoms with van der Waals surface area (Å²) in [5, 5.41) is 0. The molecular formula is C14H9F4N3O2S2. The molecule has 11 heteroatoms. The molecular weight excluding hydrogens is 382 g/mol. The number of fused-ring (bicyclic) bond motifs is 1. The fourth-order valence-corrected chi connectivity index (χ4v) is 3.93. The van der Waals surface area contributed by atoms with Gasteiger partial charge in [0.25, 0.3) is 0 Å². The van der Waals surface area contributed by atoms with Gasteiger partial charge in [0.1, 0.15) is 21.7 Å². The first kappa shape index (κ1) is 17.7. The zero-order chi connectivity index (χ0) is 18.2.